The molecule has 0 amide bonds. The first-order valence-electron chi connectivity index (χ1n) is 5.37. The van der Waals surface area contributed by atoms with E-state index in [-0.39, 0.29) is 23.6 Å². The number of carboxylic acid groups (broad SMARTS) is 2. The van der Waals surface area contributed by atoms with Crippen LogP contribution in [0.3, 0.4) is 0 Å². The standard InChI is InChI=1S/C10H16Cl2N2O4/c1-5(11)3-7(9(15)16)13-14-8(10(17)18)4-6(2)12/h5-8H,3-4H2,1-2H3,(H,15,16)(H,17,18). The Kier molecular flexibility index (Phi) is 7.86. The van der Waals surface area contributed by atoms with E-state index in [0.29, 0.717) is 0 Å². The number of nitrogens with zero attached hydrogens (tertiary/aromatic N) is 2. The van der Waals surface area contributed by atoms with Crippen molar-refractivity contribution in [3.8, 4) is 0 Å². The molecule has 0 rings (SSSR count). The minimum absolute atomic E-state index is 0.0865. The van der Waals surface area contributed by atoms with Gasteiger partial charge in [-0.25, -0.2) is 9.59 Å². The summed E-state index contributed by atoms with van der Waals surface area (Å²) >= 11 is 11.4. The molecule has 0 fully saturated rings. The number of hydrogen-bond acceptors (Lipinski definition) is 4. The first-order chi connectivity index (χ1) is 8.23. The van der Waals surface area contributed by atoms with Crippen molar-refractivity contribution in [1.82, 2.24) is 0 Å². The van der Waals surface area contributed by atoms with Crippen LogP contribution >= 0.6 is 23.2 Å². The van der Waals surface area contributed by atoms with E-state index in [4.69, 9.17) is 33.4 Å². The predicted octanol–water partition coefficient (Wildman–Crippen LogP) is 2.38. The van der Waals surface area contributed by atoms with Crippen LogP contribution in [0.4, 0.5) is 0 Å². The van der Waals surface area contributed by atoms with Gasteiger partial charge in [0.25, 0.3) is 0 Å². The molecule has 18 heavy (non-hydrogen) atoms. The van der Waals surface area contributed by atoms with E-state index in [9.17, 15) is 9.59 Å². The van der Waals surface area contributed by atoms with Crippen molar-refractivity contribution in [2.75, 3.05) is 0 Å². The molecule has 0 aliphatic carbocycles. The zero-order chi connectivity index (χ0) is 14.3. The van der Waals surface area contributed by atoms with Crippen LogP contribution in [0.1, 0.15) is 26.7 Å². The summed E-state index contributed by atoms with van der Waals surface area (Å²) in [7, 11) is 0. The first kappa shape index (κ1) is 17.1. The number of carboxylic acids is 2. The van der Waals surface area contributed by atoms with Gasteiger partial charge in [-0.05, 0) is 26.7 Å². The minimum Gasteiger partial charge on any atom is -0.480 e. The van der Waals surface area contributed by atoms with Crippen LogP contribution in [0.15, 0.2) is 10.2 Å². The third-order valence-corrected chi connectivity index (χ3v) is 2.37. The maximum atomic E-state index is 10.9. The van der Waals surface area contributed by atoms with Crippen molar-refractivity contribution in [3.63, 3.8) is 0 Å². The number of hydrogen-bond donors (Lipinski definition) is 2. The second kappa shape index (κ2) is 8.26. The molecular formula is C10H16Cl2N2O4. The van der Waals surface area contributed by atoms with E-state index >= 15 is 0 Å². The predicted molar refractivity (Wildman–Crippen MR) is 67.6 cm³/mol. The highest BCUT2D eigenvalue weighted by molar-refractivity contribution is 6.20. The maximum absolute atomic E-state index is 10.9. The Bertz CT molecular complexity index is 291. The van der Waals surface area contributed by atoms with Crippen LogP contribution < -0.4 is 0 Å². The van der Waals surface area contributed by atoms with Gasteiger partial charge in [-0.3, -0.25) is 0 Å². The van der Waals surface area contributed by atoms with Crippen LogP contribution in [-0.4, -0.2) is 45.0 Å². The molecule has 6 nitrogen and oxygen atoms in total. The fourth-order valence-corrected chi connectivity index (χ4v) is 1.51. The molecule has 4 atom stereocenters. The van der Waals surface area contributed by atoms with Gasteiger partial charge >= 0.3 is 11.9 Å². The van der Waals surface area contributed by atoms with E-state index < -0.39 is 24.0 Å². The lowest BCUT2D eigenvalue weighted by Gasteiger charge is -2.10. The van der Waals surface area contributed by atoms with Gasteiger partial charge in [0.05, 0.1) is 0 Å². The fourth-order valence-electron chi connectivity index (χ4n) is 1.17. The van der Waals surface area contributed by atoms with Gasteiger partial charge in [-0.15, -0.1) is 23.2 Å². The van der Waals surface area contributed by atoms with Gasteiger partial charge in [0.2, 0.25) is 0 Å². The Morgan fingerprint density at radius 1 is 0.944 bits per heavy atom. The molecule has 0 heterocycles. The van der Waals surface area contributed by atoms with E-state index in [1.165, 1.54) is 0 Å². The van der Waals surface area contributed by atoms with E-state index in [1.807, 2.05) is 0 Å². The quantitative estimate of drug-likeness (QED) is 0.531. The average Bonchev–Trinajstić information content (AvgIpc) is 2.20. The number of azo groups is 1. The van der Waals surface area contributed by atoms with Gasteiger partial charge in [0.1, 0.15) is 0 Å². The normalized spacial score (nSPS) is 18.2. The topological polar surface area (TPSA) is 99.3 Å². The molecule has 0 aliphatic heterocycles. The molecule has 4 unspecified atom stereocenters. The van der Waals surface area contributed by atoms with Crippen LogP contribution in [0.2, 0.25) is 0 Å². The van der Waals surface area contributed by atoms with Gasteiger partial charge in [0, 0.05) is 10.8 Å². The van der Waals surface area contributed by atoms with Crippen molar-refractivity contribution in [1.29, 1.82) is 0 Å². The molecule has 0 saturated carbocycles. The van der Waals surface area contributed by atoms with Crippen LogP contribution in [0.25, 0.3) is 0 Å². The summed E-state index contributed by atoms with van der Waals surface area (Å²) in [5.41, 5.74) is 0. The summed E-state index contributed by atoms with van der Waals surface area (Å²) in [6.07, 6.45) is 0.173. The first-order valence-corrected chi connectivity index (χ1v) is 6.25. The highest BCUT2D eigenvalue weighted by Gasteiger charge is 2.23. The number of carbonyl (C=O) groups is 2. The Balaban J connectivity index is 4.70. The third kappa shape index (κ3) is 7.45. The monoisotopic (exact) mass is 298 g/mol. The highest BCUT2D eigenvalue weighted by atomic mass is 35.5. The van der Waals surface area contributed by atoms with Gasteiger partial charge in [-0.2, -0.15) is 10.2 Å². The second-order valence-corrected chi connectivity index (χ2v) is 5.46. The summed E-state index contributed by atoms with van der Waals surface area (Å²) in [5.74, 6) is -2.37. The zero-order valence-electron chi connectivity index (χ0n) is 10.1. The summed E-state index contributed by atoms with van der Waals surface area (Å²) in [4.78, 5) is 21.7. The van der Waals surface area contributed by atoms with Crippen LogP contribution in [0.5, 0.6) is 0 Å². The molecule has 0 aromatic rings. The lowest BCUT2D eigenvalue weighted by atomic mass is 10.1. The Hall–Kier alpha value is -0.880. The Morgan fingerprint density at radius 3 is 1.39 bits per heavy atom. The van der Waals surface area contributed by atoms with Crippen molar-refractivity contribution in [3.05, 3.63) is 0 Å². The average molecular weight is 299 g/mol. The van der Waals surface area contributed by atoms with Crippen molar-refractivity contribution < 1.29 is 19.8 Å². The van der Waals surface area contributed by atoms with E-state index in [1.54, 1.807) is 13.8 Å². The van der Waals surface area contributed by atoms with Crippen molar-refractivity contribution in [2.45, 2.75) is 49.5 Å². The maximum Gasteiger partial charge on any atom is 0.330 e. The van der Waals surface area contributed by atoms with Crippen molar-refractivity contribution in [2.24, 2.45) is 10.2 Å². The molecule has 0 spiro atoms. The lowest BCUT2D eigenvalue weighted by Crippen LogP contribution is -2.24. The fraction of sp³-hybridized carbons (Fsp3) is 0.800. The molecule has 0 aliphatic rings. The Labute approximate surface area is 115 Å². The van der Waals surface area contributed by atoms with Gasteiger partial charge in [0.15, 0.2) is 12.1 Å². The Morgan fingerprint density at radius 2 is 1.22 bits per heavy atom. The van der Waals surface area contributed by atoms with Gasteiger partial charge < -0.3 is 10.2 Å². The SMILES string of the molecule is CC(Cl)CC(N=NC(CC(C)Cl)C(=O)O)C(=O)O. The van der Waals surface area contributed by atoms with E-state index in [0.717, 1.165) is 0 Å². The molecule has 0 aromatic heterocycles. The molecule has 0 aromatic carbocycles. The smallest absolute Gasteiger partial charge is 0.330 e. The molecule has 0 bridgehead atoms. The molecule has 2 N–H and O–H groups in total. The minimum atomic E-state index is -1.19. The number of aliphatic carboxylic acids is 2. The molecule has 104 valence electrons. The second-order valence-electron chi connectivity index (χ2n) is 3.97. The van der Waals surface area contributed by atoms with E-state index in [2.05, 4.69) is 10.2 Å². The molecule has 0 saturated heterocycles. The van der Waals surface area contributed by atoms with Crippen LogP contribution in [0, 0.1) is 0 Å². The summed E-state index contributed by atoms with van der Waals surface area (Å²) < 4.78 is 0. The molecule has 8 heteroatoms. The highest BCUT2D eigenvalue weighted by Crippen LogP contribution is 2.13. The number of halogens is 2. The largest absolute Gasteiger partial charge is 0.480 e. The molecule has 0 radical (unpaired) electrons. The van der Waals surface area contributed by atoms with Crippen LogP contribution in [-0.2, 0) is 9.59 Å². The summed E-state index contributed by atoms with van der Waals surface area (Å²) in [6, 6.07) is -2.27. The lowest BCUT2D eigenvalue weighted by molar-refractivity contribution is -0.140. The molecular weight excluding hydrogens is 283 g/mol. The number of rotatable bonds is 8. The third-order valence-electron chi connectivity index (χ3n) is 2.01. The zero-order valence-corrected chi connectivity index (χ0v) is 11.6. The summed E-state index contributed by atoms with van der Waals surface area (Å²) in [6.45, 7) is 3.26. The summed E-state index contributed by atoms with van der Waals surface area (Å²) in [5, 5.41) is 24.0. The van der Waals surface area contributed by atoms with Crippen molar-refractivity contribution >= 4 is 35.1 Å². The number of alkyl halides is 2. The van der Waals surface area contributed by atoms with Gasteiger partial charge in [-0.1, -0.05) is 0 Å².